The first-order valence-electron chi connectivity index (χ1n) is 0. The Morgan fingerprint density at radius 1 is 0.375 bits per heavy atom. The first kappa shape index (κ1) is 444. The second-order valence-corrected chi connectivity index (χ2v) is 0. The molecular formula is H12LiO6Sb+. The first-order chi connectivity index (χ1) is 0. The fourth-order valence-electron chi connectivity index (χ4n) is 0. The van der Waals surface area contributed by atoms with Gasteiger partial charge in [0.05, 0.1) is 0 Å². The van der Waals surface area contributed by atoms with E-state index in [0.29, 0.717) is 0 Å². The van der Waals surface area contributed by atoms with Crippen molar-refractivity contribution in [3.8, 4) is 0 Å². The van der Waals surface area contributed by atoms with Crippen LogP contribution in [0.2, 0.25) is 0 Å². The molecule has 6 nitrogen and oxygen atoms in total. The van der Waals surface area contributed by atoms with Gasteiger partial charge in [-0.05, 0) is 0 Å². The molecule has 0 bridgehead atoms. The van der Waals surface area contributed by atoms with E-state index in [-0.39, 0.29) is 76.1 Å². The zero-order valence-corrected chi connectivity index (χ0v) is 7.00. The van der Waals surface area contributed by atoms with Gasteiger partial charge in [0.15, 0.2) is 0 Å². The van der Waals surface area contributed by atoms with Crippen molar-refractivity contribution in [3.63, 3.8) is 0 Å². The second-order valence-electron chi connectivity index (χ2n) is 0. The van der Waals surface area contributed by atoms with Crippen LogP contribution in [0.25, 0.3) is 0 Å². The van der Waals surface area contributed by atoms with Gasteiger partial charge in [-0.2, -0.15) is 0 Å². The van der Waals surface area contributed by atoms with Crippen LogP contribution in [-0.2, 0) is 0 Å². The van der Waals surface area contributed by atoms with E-state index in [1.54, 1.807) is 0 Å². The van der Waals surface area contributed by atoms with Gasteiger partial charge in [-0.15, -0.1) is 0 Å². The van der Waals surface area contributed by atoms with E-state index < -0.39 is 0 Å². The minimum atomic E-state index is 0. The van der Waals surface area contributed by atoms with Crippen molar-refractivity contribution >= 4 is 24.4 Å². The molecule has 12 N–H and O–H groups in total. The van der Waals surface area contributed by atoms with Crippen LogP contribution in [0.3, 0.4) is 0 Å². The number of hydrogen-bond donors (Lipinski definition) is 0. The minimum Gasteiger partial charge on any atom is -0.412 e. The van der Waals surface area contributed by atoms with Gasteiger partial charge in [0.25, 0.3) is 0 Å². The van der Waals surface area contributed by atoms with Crippen molar-refractivity contribution in [1.82, 2.24) is 0 Å². The summed E-state index contributed by atoms with van der Waals surface area (Å²) in [5.74, 6) is 0. The summed E-state index contributed by atoms with van der Waals surface area (Å²) in [6.07, 6.45) is 0. The predicted molar refractivity (Wildman–Crippen MR) is 27.4 cm³/mol. The standard InChI is InChI=1S/Li.6H2O.Sb/h;6*1H2;/q+1;;;;;;;. The molecule has 0 spiro atoms. The third-order valence-corrected chi connectivity index (χ3v) is 0. The van der Waals surface area contributed by atoms with Crippen molar-refractivity contribution in [2.24, 2.45) is 0 Å². The van der Waals surface area contributed by atoms with Gasteiger partial charge >= 0.3 is 18.9 Å². The van der Waals surface area contributed by atoms with Gasteiger partial charge in [-0.3, -0.25) is 0 Å². The third kappa shape index (κ3) is 198. The Morgan fingerprint density at radius 3 is 0.375 bits per heavy atom. The monoisotopic (exact) mass is 236 g/mol. The summed E-state index contributed by atoms with van der Waals surface area (Å²) in [6, 6.07) is 0. The molecule has 0 aromatic carbocycles. The molecule has 8 heavy (non-hydrogen) atoms. The Hall–Kier alpha value is 1.18. The molecule has 0 aliphatic carbocycles. The maximum atomic E-state index is 0. The van der Waals surface area contributed by atoms with Crippen LogP contribution in [-0.4, -0.2) is 57.3 Å². The average Bonchev–Trinajstić information content (AvgIpc) is 0. The molecule has 0 aliphatic rings. The first-order valence-corrected chi connectivity index (χ1v) is 0. The van der Waals surface area contributed by atoms with Crippen LogP contribution in [0.4, 0.5) is 0 Å². The van der Waals surface area contributed by atoms with E-state index in [1.807, 2.05) is 0 Å². The smallest absolute Gasteiger partial charge is 0.412 e. The Morgan fingerprint density at radius 2 is 0.375 bits per heavy atom. The summed E-state index contributed by atoms with van der Waals surface area (Å²) in [4.78, 5) is 0. The van der Waals surface area contributed by atoms with Crippen molar-refractivity contribution in [3.05, 3.63) is 0 Å². The van der Waals surface area contributed by atoms with Crippen molar-refractivity contribution < 1.29 is 51.7 Å². The van der Waals surface area contributed by atoms with Crippen LogP contribution in [0.5, 0.6) is 0 Å². The van der Waals surface area contributed by atoms with E-state index in [1.165, 1.54) is 0 Å². The zero-order valence-electron chi connectivity index (χ0n) is 4.45. The molecule has 0 rings (SSSR count). The zero-order chi connectivity index (χ0) is 0. The molecule has 53 valence electrons. The predicted octanol–water partition coefficient (Wildman–Crippen LogP) is -8.32. The SMILES string of the molecule is O.O.O.O.O.O.[Li+].[Sb]. The molecule has 0 heterocycles. The van der Waals surface area contributed by atoms with Crippen LogP contribution in [0.15, 0.2) is 0 Å². The fraction of sp³-hybridized carbons (Fsp3) is 0. The summed E-state index contributed by atoms with van der Waals surface area (Å²) >= 11 is 0. The quantitative estimate of drug-likeness (QED) is 0.361. The summed E-state index contributed by atoms with van der Waals surface area (Å²) in [5.41, 5.74) is 0. The Bertz CT molecular complexity index is 8.49. The van der Waals surface area contributed by atoms with Gasteiger partial charge in [0.1, 0.15) is 0 Å². The molecular weight excluding hydrogens is 225 g/mol. The summed E-state index contributed by atoms with van der Waals surface area (Å²) < 4.78 is 0. The van der Waals surface area contributed by atoms with Crippen LogP contribution in [0, 0.1) is 0 Å². The molecule has 0 amide bonds. The Kier molecular flexibility index (Phi) is 16900. The number of rotatable bonds is 0. The summed E-state index contributed by atoms with van der Waals surface area (Å²) in [7, 11) is 0. The molecule has 0 fully saturated rings. The molecule has 8 heteroatoms. The minimum absolute atomic E-state index is 0. The van der Waals surface area contributed by atoms with Crippen LogP contribution < -0.4 is 18.9 Å². The van der Waals surface area contributed by atoms with E-state index in [4.69, 9.17) is 0 Å². The van der Waals surface area contributed by atoms with Gasteiger partial charge < -0.3 is 32.9 Å². The normalized spacial score (nSPS) is 0. The molecule has 0 aliphatic heterocycles. The Labute approximate surface area is 76.1 Å². The van der Waals surface area contributed by atoms with E-state index >= 15 is 0 Å². The van der Waals surface area contributed by atoms with Crippen molar-refractivity contribution in [2.75, 3.05) is 0 Å². The molecule has 0 saturated carbocycles. The van der Waals surface area contributed by atoms with E-state index in [2.05, 4.69) is 0 Å². The molecule has 0 aromatic rings. The maximum absolute atomic E-state index is 0. The third-order valence-electron chi connectivity index (χ3n) is 0. The number of hydrogen-bond acceptors (Lipinski definition) is 0. The van der Waals surface area contributed by atoms with Crippen molar-refractivity contribution in [2.45, 2.75) is 0 Å². The van der Waals surface area contributed by atoms with Gasteiger partial charge in [-0.1, -0.05) is 0 Å². The van der Waals surface area contributed by atoms with Gasteiger partial charge in [-0.25, -0.2) is 0 Å². The van der Waals surface area contributed by atoms with Crippen LogP contribution >= 0.6 is 0 Å². The molecule has 3 radical (unpaired) electrons. The average molecular weight is 237 g/mol. The Balaban J connectivity index is 0. The van der Waals surface area contributed by atoms with Crippen molar-refractivity contribution in [1.29, 1.82) is 0 Å². The largest absolute Gasteiger partial charge is 1.00 e. The molecule has 0 saturated heterocycles. The van der Waals surface area contributed by atoms with Gasteiger partial charge in [0.2, 0.25) is 0 Å². The molecule has 0 aromatic heterocycles. The molecule has 0 atom stereocenters. The molecule has 0 unspecified atom stereocenters. The van der Waals surface area contributed by atoms with Gasteiger partial charge in [0, 0.05) is 24.4 Å². The van der Waals surface area contributed by atoms with E-state index in [0.717, 1.165) is 0 Å². The summed E-state index contributed by atoms with van der Waals surface area (Å²) in [5, 5.41) is 0. The second kappa shape index (κ2) is 305. The van der Waals surface area contributed by atoms with E-state index in [9.17, 15) is 0 Å². The maximum Gasteiger partial charge on any atom is 1.00 e. The summed E-state index contributed by atoms with van der Waals surface area (Å²) in [6.45, 7) is 0. The van der Waals surface area contributed by atoms with Crippen LogP contribution in [0.1, 0.15) is 0 Å². The topological polar surface area (TPSA) is 189 Å². The fourth-order valence-corrected chi connectivity index (χ4v) is 0.